The van der Waals surface area contributed by atoms with Gasteiger partial charge in [0.1, 0.15) is 5.82 Å². The van der Waals surface area contributed by atoms with Gasteiger partial charge >= 0.3 is 0 Å². The fourth-order valence-electron chi connectivity index (χ4n) is 1.90. The summed E-state index contributed by atoms with van der Waals surface area (Å²) in [5.41, 5.74) is 8.38. The molecular formula is C13H17FN4. The number of aromatic nitrogens is 3. The summed E-state index contributed by atoms with van der Waals surface area (Å²) >= 11 is 0. The second kappa shape index (κ2) is 5.27. The Morgan fingerprint density at radius 3 is 2.89 bits per heavy atom. The molecule has 96 valence electrons. The zero-order chi connectivity index (χ0) is 13.1. The third-order valence-corrected chi connectivity index (χ3v) is 2.90. The molecule has 2 aromatic rings. The van der Waals surface area contributed by atoms with Crippen LogP contribution in [-0.2, 0) is 0 Å². The van der Waals surface area contributed by atoms with Gasteiger partial charge in [0.15, 0.2) is 0 Å². The molecule has 4 nitrogen and oxygen atoms in total. The summed E-state index contributed by atoms with van der Waals surface area (Å²) < 4.78 is 14.7. The molecule has 1 heterocycles. The Balaban J connectivity index is 2.29. The van der Waals surface area contributed by atoms with E-state index in [4.69, 9.17) is 5.73 Å². The monoisotopic (exact) mass is 248 g/mol. The molecule has 5 heteroatoms. The van der Waals surface area contributed by atoms with Crippen LogP contribution in [0.3, 0.4) is 0 Å². The van der Waals surface area contributed by atoms with Crippen LogP contribution in [0.1, 0.15) is 37.1 Å². The summed E-state index contributed by atoms with van der Waals surface area (Å²) in [5, 5.41) is 8.11. The Morgan fingerprint density at radius 1 is 1.44 bits per heavy atom. The molecule has 2 N–H and O–H groups in total. The third-order valence-electron chi connectivity index (χ3n) is 2.90. The summed E-state index contributed by atoms with van der Waals surface area (Å²) in [5.74, 6) is -0.251. The highest BCUT2D eigenvalue weighted by Crippen LogP contribution is 2.17. The van der Waals surface area contributed by atoms with Gasteiger partial charge in [0.05, 0.1) is 23.6 Å². The molecule has 1 unspecified atom stereocenters. The molecule has 0 saturated heterocycles. The van der Waals surface area contributed by atoms with Crippen LogP contribution in [0.2, 0.25) is 0 Å². The van der Waals surface area contributed by atoms with Gasteiger partial charge in [-0.3, -0.25) is 0 Å². The van der Waals surface area contributed by atoms with E-state index in [9.17, 15) is 4.39 Å². The van der Waals surface area contributed by atoms with Crippen molar-refractivity contribution < 1.29 is 4.39 Å². The van der Waals surface area contributed by atoms with Crippen molar-refractivity contribution in [2.75, 3.05) is 0 Å². The number of hydrogen-bond donors (Lipinski definition) is 1. The summed E-state index contributed by atoms with van der Waals surface area (Å²) in [7, 11) is 0. The first-order valence-electron chi connectivity index (χ1n) is 6.06. The van der Waals surface area contributed by atoms with Crippen LogP contribution < -0.4 is 5.73 Å². The molecule has 0 spiro atoms. The molecule has 0 saturated carbocycles. The van der Waals surface area contributed by atoms with E-state index in [1.807, 2.05) is 6.92 Å². The van der Waals surface area contributed by atoms with Crippen LogP contribution in [0, 0.1) is 12.7 Å². The van der Waals surface area contributed by atoms with E-state index in [1.54, 1.807) is 16.9 Å². The van der Waals surface area contributed by atoms with Gasteiger partial charge in [-0.1, -0.05) is 18.6 Å². The average Bonchev–Trinajstić information content (AvgIpc) is 2.78. The van der Waals surface area contributed by atoms with E-state index in [0.29, 0.717) is 0 Å². The Kier molecular flexibility index (Phi) is 3.72. The standard InChI is InChI=1S/C13H17FN4/c1-3-4-11(15)12-8-18(17-16-12)13-6-5-10(14)7-9(13)2/h5-8,11H,3-4,15H2,1-2H3. The molecule has 2 rings (SSSR count). The minimum absolute atomic E-state index is 0.0931. The average molecular weight is 248 g/mol. The lowest BCUT2D eigenvalue weighted by atomic mass is 10.1. The van der Waals surface area contributed by atoms with Gasteiger partial charge < -0.3 is 5.73 Å². The Labute approximate surface area is 106 Å². The highest BCUT2D eigenvalue weighted by atomic mass is 19.1. The van der Waals surface area contributed by atoms with E-state index in [1.165, 1.54) is 12.1 Å². The minimum Gasteiger partial charge on any atom is -0.323 e. The Bertz CT molecular complexity index is 536. The van der Waals surface area contributed by atoms with E-state index in [2.05, 4.69) is 17.2 Å². The highest BCUT2D eigenvalue weighted by Gasteiger charge is 2.11. The summed E-state index contributed by atoms with van der Waals surface area (Å²) in [4.78, 5) is 0. The Morgan fingerprint density at radius 2 is 2.22 bits per heavy atom. The fourth-order valence-corrected chi connectivity index (χ4v) is 1.90. The Hall–Kier alpha value is -1.75. The number of rotatable bonds is 4. The minimum atomic E-state index is -0.251. The van der Waals surface area contributed by atoms with Gasteiger partial charge in [-0.15, -0.1) is 5.10 Å². The van der Waals surface area contributed by atoms with Crippen molar-refractivity contribution in [3.8, 4) is 5.69 Å². The normalized spacial score (nSPS) is 12.7. The van der Waals surface area contributed by atoms with Gasteiger partial charge in [-0.05, 0) is 37.1 Å². The molecule has 0 aliphatic rings. The molecule has 0 bridgehead atoms. The maximum atomic E-state index is 13.0. The van der Waals surface area contributed by atoms with Crippen molar-refractivity contribution in [2.45, 2.75) is 32.7 Å². The van der Waals surface area contributed by atoms with Crippen LogP contribution in [0.25, 0.3) is 5.69 Å². The molecular weight excluding hydrogens is 231 g/mol. The molecule has 0 amide bonds. The van der Waals surface area contributed by atoms with Crippen molar-refractivity contribution >= 4 is 0 Å². The summed E-state index contributed by atoms with van der Waals surface area (Å²) in [6, 6.07) is 4.48. The van der Waals surface area contributed by atoms with Gasteiger partial charge in [0.2, 0.25) is 0 Å². The molecule has 1 atom stereocenters. The van der Waals surface area contributed by atoms with Crippen LogP contribution in [0.5, 0.6) is 0 Å². The molecule has 18 heavy (non-hydrogen) atoms. The van der Waals surface area contributed by atoms with Crippen molar-refractivity contribution in [1.29, 1.82) is 0 Å². The zero-order valence-electron chi connectivity index (χ0n) is 10.6. The summed E-state index contributed by atoms with van der Waals surface area (Å²) in [6.45, 7) is 3.92. The summed E-state index contributed by atoms with van der Waals surface area (Å²) in [6.07, 6.45) is 3.69. The molecule has 1 aromatic heterocycles. The van der Waals surface area contributed by atoms with Gasteiger partial charge in [0.25, 0.3) is 0 Å². The van der Waals surface area contributed by atoms with Crippen LogP contribution in [0.4, 0.5) is 4.39 Å². The lowest BCUT2D eigenvalue weighted by Crippen LogP contribution is -2.10. The first-order chi connectivity index (χ1) is 8.61. The SMILES string of the molecule is CCCC(N)c1cn(-c2ccc(F)cc2C)nn1. The molecule has 1 aromatic carbocycles. The molecule has 0 radical (unpaired) electrons. The smallest absolute Gasteiger partial charge is 0.123 e. The van der Waals surface area contributed by atoms with Crippen LogP contribution >= 0.6 is 0 Å². The number of nitrogens with two attached hydrogens (primary N) is 1. The maximum absolute atomic E-state index is 13.0. The van der Waals surface area contributed by atoms with Crippen molar-refractivity contribution in [2.24, 2.45) is 5.73 Å². The first-order valence-corrected chi connectivity index (χ1v) is 6.06. The number of halogens is 1. The molecule has 0 aliphatic heterocycles. The van der Waals surface area contributed by atoms with Crippen LogP contribution in [-0.4, -0.2) is 15.0 Å². The third kappa shape index (κ3) is 2.56. The lowest BCUT2D eigenvalue weighted by Gasteiger charge is -2.06. The quantitative estimate of drug-likeness (QED) is 0.904. The van der Waals surface area contributed by atoms with E-state index < -0.39 is 0 Å². The van der Waals surface area contributed by atoms with Crippen molar-refractivity contribution in [1.82, 2.24) is 15.0 Å². The predicted octanol–water partition coefficient (Wildman–Crippen LogP) is 2.51. The van der Waals surface area contributed by atoms with Gasteiger partial charge in [0, 0.05) is 0 Å². The van der Waals surface area contributed by atoms with Crippen molar-refractivity contribution in [3.63, 3.8) is 0 Å². The van der Waals surface area contributed by atoms with E-state index >= 15 is 0 Å². The molecule has 0 aliphatic carbocycles. The second-order valence-electron chi connectivity index (χ2n) is 4.41. The van der Waals surface area contributed by atoms with Crippen LogP contribution in [0.15, 0.2) is 24.4 Å². The van der Waals surface area contributed by atoms with Crippen molar-refractivity contribution in [3.05, 3.63) is 41.5 Å². The number of benzene rings is 1. The largest absolute Gasteiger partial charge is 0.323 e. The highest BCUT2D eigenvalue weighted by molar-refractivity contribution is 5.39. The van der Waals surface area contributed by atoms with E-state index in [-0.39, 0.29) is 11.9 Å². The topological polar surface area (TPSA) is 56.7 Å². The second-order valence-corrected chi connectivity index (χ2v) is 4.41. The van der Waals surface area contributed by atoms with E-state index in [0.717, 1.165) is 29.8 Å². The predicted molar refractivity (Wildman–Crippen MR) is 67.9 cm³/mol. The zero-order valence-corrected chi connectivity index (χ0v) is 10.6. The number of hydrogen-bond acceptors (Lipinski definition) is 3. The number of aryl methyl sites for hydroxylation is 1. The van der Waals surface area contributed by atoms with Gasteiger partial charge in [-0.25, -0.2) is 9.07 Å². The first kappa shape index (κ1) is 12.7. The fraction of sp³-hybridized carbons (Fsp3) is 0.385. The number of nitrogens with zero attached hydrogens (tertiary/aromatic N) is 3. The maximum Gasteiger partial charge on any atom is 0.123 e. The van der Waals surface area contributed by atoms with Gasteiger partial charge in [-0.2, -0.15) is 0 Å². The molecule has 0 fully saturated rings. The lowest BCUT2D eigenvalue weighted by molar-refractivity contribution is 0.619.